The highest BCUT2D eigenvalue weighted by atomic mass is 19.1. The van der Waals surface area contributed by atoms with E-state index in [9.17, 15) is 13.9 Å². The van der Waals surface area contributed by atoms with Crippen molar-refractivity contribution in [3.63, 3.8) is 0 Å². The van der Waals surface area contributed by atoms with E-state index in [0.29, 0.717) is 30.2 Å². The van der Waals surface area contributed by atoms with Gasteiger partial charge in [-0.2, -0.15) is 4.98 Å². The third-order valence-electron chi connectivity index (χ3n) is 3.25. The summed E-state index contributed by atoms with van der Waals surface area (Å²) in [7, 11) is 0. The van der Waals surface area contributed by atoms with Crippen LogP contribution < -0.4 is 5.32 Å². The predicted octanol–water partition coefficient (Wildman–Crippen LogP) is 1.33. The fraction of sp³-hybridized carbons (Fsp3) is 0.385. The lowest BCUT2D eigenvalue weighted by atomic mass is 10.1. The highest BCUT2D eigenvalue weighted by Gasteiger charge is 2.28. The SMILES string of the molecule is O[C@@H]1CN[C@@H](c2nc(Cc3ccc(F)cc3F)no2)C1. The number of hydrogen-bond acceptors (Lipinski definition) is 5. The third kappa shape index (κ3) is 2.68. The third-order valence-corrected chi connectivity index (χ3v) is 3.25. The van der Waals surface area contributed by atoms with Gasteiger partial charge in [0.1, 0.15) is 11.6 Å². The number of hydrogen-bond donors (Lipinski definition) is 2. The van der Waals surface area contributed by atoms with E-state index in [0.717, 1.165) is 6.07 Å². The van der Waals surface area contributed by atoms with Gasteiger partial charge in [0.25, 0.3) is 0 Å². The molecule has 20 heavy (non-hydrogen) atoms. The van der Waals surface area contributed by atoms with Crippen molar-refractivity contribution >= 4 is 0 Å². The molecule has 2 aromatic rings. The first-order valence-electron chi connectivity index (χ1n) is 6.29. The fourth-order valence-electron chi connectivity index (χ4n) is 2.22. The number of aromatic nitrogens is 2. The summed E-state index contributed by atoms with van der Waals surface area (Å²) in [6, 6.07) is 3.20. The summed E-state index contributed by atoms with van der Waals surface area (Å²) in [5, 5.41) is 16.3. The Bertz CT molecular complexity index is 617. The van der Waals surface area contributed by atoms with Crippen LogP contribution in [0.1, 0.15) is 29.7 Å². The fourth-order valence-corrected chi connectivity index (χ4v) is 2.22. The molecule has 1 aliphatic heterocycles. The molecular weight excluding hydrogens is 268 g/mol. The number of nitrogens with one attached hydrogen (secondary N) is 1. The lowest BCUT2D eigenvalue weighted by molar-refractivity contribution is 0.191. The van der Waals surface area contributed by atoms with Gasteiger partial charge in [0.05, 0.1) is 12.1 Å². The minimum absolute atomic E-state index is 0.130. The molecule has 106 valence electrons. The Morgan fingerprint density at radius 3 is 2.95 bits per heavy atom. The largest absolute Gasteiger partial charge is 0.392 e. The molecule has 0 saturated carbocycles. The molecule has 2 heterocycles. The summed E-state index contributed by atoms with van der Waals surface area (Å²) in [6.07, 6.45) is 0.210. The molecule has 1 aliphatic rings. The van der Waals surface area contributed by atoms with Gasteiger partial charge in [-0.1, -0.05) is 11.2 Å². The Hall–Kier alpha value is -1.86. The molecule has 1 saturated heterocycles. The van der Waals surface area contributed by atoms with E-state index in [1.165, 1.54) is 12.1 Å². The first kappa shape index (κ1) is 13.1. The Labute approximate surface area is 113 Å². The highest BCUT2D eigenvalue weighted by molar-refractivity contribution is 5.21. The Morgan fingerprint density at radius 1 is 1.40 bits per heavy atom. The van der Waals surface area contributed by atoms with Gasteiger partial charge in [0, 0.05) is 19.0 Å². The van der Waals surface area contributed by atoms with Crippen molar-refractivity contribution in [2.24, 2.45) is 0 Å². The van der Waals surface area contributed by atoms with Crippen molar-refractivity contribution in [1.82, 2.24) is 15.5 Å². The molecule has 2 N–H and O–H groups in total. The van der Waals surface area contributed by atoms with Gasteiger partial charge in [-0.3, -0.25) is 0 Å². The number of rotatable bonds is 3. The molecule has 0 bridgehead atoms. The van der Waals surface area contributed by atoms with Crippen molar-refractivity contribution in [3.05, 3.63) is 47.1 Å². The van der Waals surface area contributed by atoms with E-state index in [1.54, 1.807) is 0 Å². The maximum Gasteiger partial charge on any atom is 0.243 e. The molecule has 1 aromatic heterocycles. The average molecular weight is 281 g/mol. The standard InChI is InChI=1S/C13H13F2N3O2/c14-8-2-1-7(10(15)4-8)3-12-17-13(20-18-12)11-5-9(19)6-16-11/h1-2,4,9,11,16,19H,3,5-6H2/t9-,11+/m0/s1. The number of aliphatic hydroxyl groups excluding tert-OH is 1. The number of aliphatic hydroxyl groups is 1. The van der Waals surface area contributed by atoms with E-state index in [2.05, 4.69) is 15.5 Å². The maximum atomic E-state index is 13.5. The summed E-state index contributed by atoms with van der Waals surface area (Å²) in [6.45, 7) is 0.481. The summed E-state index contributed by atoms with van der Waals surface area (Å²) in [5.74, 6) is -0.553. The molecule has 0 aliphatic carbocycles. The summed E-state index contributed by atoms with van der Waals surface area (Å²) in [5.41, 5.74) is 0.304. The van der Waals surface area contributed by atoms with E-state index >= 15 is 0 Å². The first-order valence-corrected chi connectivity index (χ1v) is 6.29. The number of β-amino-alcohol motifs (C(OH)–C–C–N with tert-alkyl or cyclic N) is 1. The highest BCUT2D eigenvalue weighted by Crippen LogP contribution is 2.22. The topological polar surface area (TPSA) is 71.2 Å². The second-order valence-corrected chi connectivity index (χ2v) is 4.81. The van der Waals surface area contributed by atoms with Gasteiger partial charge in [0.2, 0.25) is 5.89 Å². The van der Waals surface area contributed by atoms with Crippen LogP contribution in [-0.2, 0) is 6.42 Å². The molecular formula is C13H13F2N3O2. The van der Waals surface area contributed by atoms with Crippen molar-refractivity contribution in [3.8, 4) is 0 Å². The van der Waals surface area contributed by atoms with Gasteiger partial charge in [-0.25, -0.2) is 8.78 Å². The second kappa shape index (κ2) is 5.26. The summed E-state index contributed by atoms with van der Waals surface area (Å²) in [4.78, 5) is 4.17. The van der Waals surface area contributed by atoms with Gasteiger partial charge in [-0.05, 0) is 18.1 Å². The zero-order valence-corrected chi connectivity index (χ0v) is 10.5. The zero-order chi connectivity index (χ0) is 14.1. The first-order chi connectivity index (χ1) is 9.61. The molecule has 7 heteroatoms. The van der Waals surface area contributed by atoms with Crippen LogP contribution in [0.2, 0.25) is 0 Å². The van der Waals surface area contributed by atoms with Crippen LogP contribution in [0.4, 0.5) is 8.78 Å². The van der Waals surface area contributed by atoms with Crippen molar-refractivity contribution < 1.29 is 18.4 Å². The Kier molecular flexibility index (Phi) is 3.45. The van der Waals surface area contributed by atoms with E-state index in [-0.39, 0.29) is 12.5 Å². The minimum Gasteiger partial charge on any atom is -0.392 e. The van der Waals surface area contributed by atoms with Crippen molar-refractivity contribution in [2.45, 2.75) is 25.0 Å². The van der Waals surface area contributed by atoms with E-state index in [1.807, 2.05) is 0 Å². The Balaban J connectivity index is 1.74. The Morgan fingerprint density at radius 2 is 2.25 bits per heavy atom. The van der Waals surface area contributed by atoms with Crippen LogP contribution in [-0.4, -0.2) is 27.9 Å². The molecule has 1 fully saturated rings. The quantitative estimate of drug-likeness (QED) is 0.888. The van der Waals surface area contributed by atoms with Crippen LogP contribution in [0.5, 0.6) is 0 Å². The monoisotopic (exact) mass is 281 g/mol. The van der Waals surface area contributed by atoms with Crippen molar-refractivity contribution in [1.29, 1.82) is 0 Å². The maximum absolute atomic E-state index is 13.5. The molecule has 0 amide bonds. The zero-order valence-electron chi connectivity index (χ0n) is 10.5. The minimum atomic E-state index is -0.634. The smallest absolute Gasteiger partial charge is 0.243 e. The average Bonchev–Trinajstić information content (AvgIpc) is 3.02. The lowest BCUT2D eigenvalue weighted by Crippen LogP contribution is -2.15. The van der Waals surface area contributed by atoms with Crippen LogP contribution in [0.3, 0.4) is 0 Å². The van der Waals surface area contributed by atoms with Gasteiger partial charge >= 0.3 is 0 Å². The molecule has 0 radical (unpaired) electrons. The molecule has 5 nitrogen and oxygen atoms in total. The number of benzene rings is 1. The van der Waals surface area contributed by atoms with Crippen LogP contribution >= 0.6 is 0 Å². The predicted molar refractivity (Wildman–Crippen MR) is 64.8 cm³/mol. The molecule has 0 unspecified atom stereocenters. The molecule has 1 aromatic carbocycles. The normalized spacial score (nSPS) is 22.4. The van der Waals surface area contributed by atoms with Crippen LogP contribution in [0.15, 0.2) is 22.7 Å². The van der Waals surface area contributed by atoms with Gasteiger partial charge < -0.3 is 14.9 Å². The number of halogens is 2. The van der Waals surface area contributed by atoms with Crippen LogP contribution in [0, 0.1) is 11.6 Å². The van der Waals surface area contributed by atoms with Crippen LogP contribution in [0.25, 0.3) is 0 Å². The van der Waals surface area contributed by atoms with Gasteiger partial charge in [-0.15, -0.1) is 0 Å². The molecule has 0 spiro atoms. The second-order valence-electron chi connectivity index (χ2n) is 4.81. The van der Waals surface area contributed by atoms with Crippen molar-refractivity contribution in [2.75, 3.05) is 6.54 Å². The van der Waals surface area contributed by atoms with E-state index < -0.39 is 17.7 Å². The van der Waals surface area contributed by atoms with E-state index in [4.69, 9.17) is 4.52 Å². The summed E-state index contributed by atoms with van der Waals surface area (Å²) < 4.78 is 31.4. The lowest BCUT2D eigenvalue weighted by Gasteiger charge is -2.01. The molecule has 2 atom stereocenters. The van der Waals surface area contributed by atoms with Gasteiger partial charge in [0.15, 0.2) is 5.82 Å². The summed E-state index contributed by atoms with van der Waals surface area (Å²) >= 11 is 0. The number of nitrogens with zero attached hydrogens (tertiary/aromatic N) is 2. The molecule has 3 rings (SSSR count).